The number of ether oxygens (including phenoxy) is 3. The maximum Gasteiger partial charge on any atom is 0.408 e. The number of carbonyl (C=O) groups is 3. The Morgan fingerprint density at radius 3 is 2.21 bits per heavy atom. The Bertz CT molecular complexity index is 751. The predicted octanol–water partition coefficient (Wildman–Crippen LogP) is 2.86. The number of carbonyl (C=O) groups excluding carboxylic acids is 3. The van der Waals surface area contributed by atoms with Crippen molar-refractivity contribution in [2.45, 2.75) is 58.1 Å². The molecule has 2 unspecified atom stereocenters. The van der Waals surface area contributed by atoms with Gasteiger partial charge in [0, 0.05) is 0 Å². The summed E-state index contributed by atoms with van der Waals surface area (Å²) in [7, 11) is 0. The van der Waals surface area contributed by atoms with Crippen LogP contribution in [0, 0.1) is 11.3 Å². The van der Waals surface area contributed by atoms with Crippen LogP contribution in [-0.2, 0) is 29.2 Å². The van der Waals surface area contributed by atoms with Gasteiger partial charge in [0.25, 0.3) is 0 Å². The summed E-state index contributed by atoms with van der Waals surface area (Å²) in [5, 5.41) is 12.4. The number of rotatable bonds is 8. The molecule has 1 N–H and O–H groups in total. The summed E-state index contributed by atoms with van der Waals surface area (Å²) in [4.78, 5) is 38.2. The molecule has 1 aromatic carbocycles. The molecule has 1 amide bonds. The fraction of sp³-hybridized carbons (Fsp3) is 0.524. The quantitative estimate of drug-likeness (QED) is 0.523. The highest BCUT2D eigenvalue weighted by Gasteiger charge is 2.55. The van der Waals surface area contributed by atoms with Gasteiger partial charge in [0.15, 0.2) is 6.04 Å². The lowest BCUT2D eigenvalue weighted by atomic mass is 9.75. The van der Waals surface area contributed by atoms with E-state index in [0.29, 0.717) is 6.42 Å². The standard InChI is InChI=1S/C21H28N2O6/c1-6-13-28-18(25)21(14-22,15-11-9-8-10-12-15)16(17(24)27-7-2)23-19(26)29-20(3,4)5/h8-12,16H,6-7,13H2,1-5H3,(H,23,26). The molecule has 158 valence electrons. The van der Waals surface area contributed by atoms with Crippen LogP contribution in [0.5, 0.6) is 0 Å². The SMILES string of the molecule is CCCOC(=O)C(C#N)(c1ccccc1)C(NC(=O)OC(C)(C)C)C(=O)OCC. The molecule has 0 saturated carbocycles. The zero-order valence-electron chi connectivity index (χ0n) is 17.5. The lowest BCUT2D eigenvalue weighted by Gasteiger charge is -2.32. The van der Waals surface area contributed by atoms with E-state index in [0.717, 1.165) is 0 Å². The minimum absolute atomic E-state index is 0.00830. The van der Waals surface area contributed by atoms with E-state index >= 15 is 0 Å². The highest BCUT2D eigenvalue weighted by molar-refractivity contribution is 5.97. The molecular weight excluding hydrogens is 376 g/mol. The van der Waals surface area contributed by atoms with Gasteiger partial charge in [-0.1, -0.05) is 37.3 Å². The Morgan fingerprint density at radius 1 is 1.10 bits per heavy atom. The van der Waals surface area contributed by atoms with Crippen LogP contribution in [0.4, 0.5) is 4.79 Å². The highest BCUT2D eigenvalue weighted by atomic mass is 16.6. The van der Waals surface area contributed by atoms with Crippen LogP contribution in [0.3, 0.4) is 0 Å². The average molecular weight is 404 g/mol. The first kappa shape index (κ1) is 24.0. The molecule has 0 bridgehead atoms. The second-order valence-corrected chi connectivity index (χ2v) is 7.25. The van der Waals surface area contributed by atoms with E-state index in [2.05, 4.69) is 5.32 Å². The third kappa shape index (κ3) is 6.21. The van der Waals surface area contributed by atoms with E-state index in [-0.39, 0.29) is 18.8 Å². The van der Waals surface area contributed by atoms with Gasteiger partial charge in [0.05, 0.1) is 19.3 Å². The predicted molar refractivity (Wildman–Crippen MR) is 105 cm³/mol. The molecule has 0 fully saturated rings. The van der Waals surface area contributed by atoms with E-state index in [1.807, 2.05) is 6.07 Å². The molecule has 29 heavy (non-hydrogen) atoms. The number of nitrogens with zero attached hydrogens (tertiary/aromatic N) is 1. The van der Waals surface area contributed by atoms with Crippen molar-refractivity contribution in [2.24, 2.45) is 0 Å². The third-order valence-electron chi connectivity index (χ3n) is 3.78. The van der Waals surface area contributed by atoms with E-state index in [4.69, 9.17) is 14.2 Å². The molecule has 2 atom stereocenters. The molecule has 8 nitrogen and oxygen atoms in total. The normalized spacial score (nSPS) is 13.9. The molecule has 1 aromatic rings. The number of alkyl carbamates (subject to hydrolysis) is 1. The number of amides is 1. The van der Waals surface area contributed by atoms with E-state index < -0.39 is 35.1 Å². The smallest absolute Gasteiger partial charge is 0.408 e. The van der Waals surface area contributed by atoms with Gasteiger partial charge < -0.3 is 19.5 Å². The molecule has 8 heteroatoms. The van der Waals surface area contributed by atoms with Crippen LogP contribution in [0.25, 0.3) is 0 Å². The van der Waals surface area contributed by atoms with E-state index in [1.54, 1.807) is 52.8 Å². The summed E-state index contributed by atoms with van der Waals surface area (Å²) < 4.78 is 15.5. The van der Waals surface area contributed by atoms with Crippen LogP contribution in [-0.4, -0.2) is 42.9 Å². The molecule has 0 radical (unpaired) electrons. The van der Waals surface area contributed by atoms with Crippen molar-refractivity contribution in [3.05, 3.63) is 35.9 Å². The number of nitriles is 1. The third-order valence-corrected chi connectivity index (χ3v) is 3.78. The molecule has 0 saturated heterocycles. The lowest BCUT2D eigenvalue weighted by molar-refractivity contribution is -0.157. The first-order valence-electron chi connectivity index (χ1n) is 9.42. The Morgan fingerprint density at radius 2 is 1.72 bits per heavy atom. The fourth-order valence-corrected chi connectivity index (χ4v) is 2.58. The second kappa shape index (κ2) is 10.5. The summed E-state index contributed by atoms with van der Waals surface area (Å²) in [6.07, 6.45) is -0.444. The number of benzene rings is 1. The van der Waals surface area contributed by atoms with Gasteiger partial charge in [0.1, 0.15) is 5.60 Å². The summed E-state index contributed by atoms with van der Waals surface area (Å²) >= 11 is 0. The van der Waals surface area contributed by atoms with Crippen molar-refractivity contribution in [1.82, 2.24) is 5.32 Å². The Kier molecular flexibility index (Phi) is 8.64. The molecular formula is C21H28N2O6. The average Bonchev–Trinajstić information content (AvgIpc) is 2.66. The lowest BCUT2D eigenvalue weighted by Crippen LogP contribution is -2.60. The minimum atomic E-state index is -2.15. The number of esters is 2. The van der Waals surface area contributed by atoms with Gasteiger partial charge in [-0.15, -0.1) is 0 Å². The number of hydrogen-bond donors (Lipinski definition) is 1. The molecule has 0 heterocycles. The van der Waals surface area contributed by atoms with Gasteiger partial charge in [-0.25, -0.2) is 14.4 Å². The number of nitrogens with one attached hydrogen (secondary N) is 1. The largest absolute Gasteiger partial charge is 0.464 e. The molecule has 0 aliphatic rings. The summed E-state index contributed by atoms with van der Waals surface area (Å²) in [6, 6.07) is 8.19. The van der Waals surface area contributed by atoms with Gasteiger partial charge in [-0.2, -0.15) is 5.26 Å². The van der Waals surface area contributed by atoms with Gasteiger partial charge in [-0.3, -0.25) is 0 Å². The van der Waals surface area contributed by atoms with Crippen molar-refractivity contribution >= 4 is 18.0 Å². The maximum absolute atomic E-state index is 13.0. The zero-order valence-corrected chi connectivity index (χ0v) is 17.5. The topological polar surface area (TPSA) is 115 Å². The summed E-state index contributed by atoms with van der Waals surface area (Å²) in [5.74, 6) is -1.90. The van der Waals surface area contributed by atoms with Crippen LogP contribution in [0.2, 0.25) is 0 Å². The van der Waals surface area contributed by atoms with Gasteiger partial charge in [-0.05, 0) is 39.7 Å². The van der Waals surface area contributed by atoms with Crippen LogP contribution in [0.15, 0.2) is 30.3 Å². The molecule has 1 rings (SSSR count). The number of hydrogen-bond acceptors (Lipinski definition) is 7. The molecule has 0 spiro atoms. The minimum Gasteiger partial charge on any atom is -0.464 e. The van der Waals surface area contributed by atoms with Crippen molar-refractivity contribution in [1.29, 1.82) is 5.26 Å². The first-order chi connectivity index (χ1) is 13.6. The van der Waals surface area contributed by atoms with Crippen LogP contribution in [0.1, 0.15) is 46.6 Å². The maximum atomic E-state index is 13.0. The van der Waals surface area contributed by atoms with Crippen molar-refractivity contribution in [3.8, 4) is 6.07 Å². The van der Waals surface area contributed by atoms with Crippen molar-refractivity contribution in [3.63, 3.8) is 0 Å². The van der Waals surface area contributed by atoms with Crippen LogP contribution < -0.4 is 5.32 Å². The fourth-order valence-electron chi connectivity index (χ4n) is 2.58. The zero-order chi connectivity index (χ0) is 22.1. The van der Waals surface area contributed by atoms with Gasteiger partial charge >= 0.3 is 18.0 Å². The first-order valence-corrected chi connectivity index (χ1v) is 9.42. The highest BCUT2D eigenvalue weighted by Crippen LogP contribution is 2.31. The van der Waals surface area contributed by atoms with Gasteiger partial charge in [0.2, 0.25) is 5.41 Å². The molecule has 0 aliphatic heterocycles. The summed E-state index contributed by atoms with van der Waals surface area (Å²) in [5.41, 5.74) is -2.81. The monoisotopic (exact) mass is 404 g/mol. The van der Waals surface area contributed by atoms with Crippen LogP contribution >= 0.6 is 0 Å². The Labute approximate surface area is 171 Å². The summed E-state index contributed by atoms with van der Waals surface area (Å²) in [6.45, 7) is 8.37. The van der Waals surface area contributed by atoms with E-state index in [1.165, 1.54) is 12.1 Å². The molecule has 0 aliphatic carbocycles. The van der Waals surface area contributed by atoms with E-state index in [9.17, 15) is 19.6 Å². The second-order valence-electron chi connectivity index (χ2n) is 7.25. The Balaban J connectivity index is 3.53. The molecule has 0 aromatic heterocycles. The van der Waals surface area contributed by atoms with Crippen molar-refractivity contribution in [2.75, 3.05) is 13.2 Å². The Hall–Kier alpha value is -3.08. The van der Waals surface area contributed by atoms with Crippen molar-refractivity contribution < 1.29 is 28.6 Å².